The monoisotopic (exact) mass is 225 g/mol. The van der Waals surface area contributed by atoms with E-state index < -0.39 is 10.1 Å². The van der Waals surface area contributed by atoms with Crippen LogP contribution >= 0.6 is 11.8 Å². The van der Waals surface area contributed by atoms with E-state index in [4.69, 9.17) is 5.11 Å². The summed E-state index contributed by atoms with van der Waals surface area (Å²) in [4.78, 5) is 3.84. The average molecular weight is 225 g/mol. The summed E-state index contributed by atoms with van der Waals surface area (Å²) in [7, 11) is -3.54. The van der Waals surface area contributed by atoms with Gasteiger partial charge in [-0.15, -0.1) is 0 Å². The maximum absolute atomic E-state index is 11.1. The highest BCUT2D eigenvalue weighted by Gasteiger charge is 2.17. The van der Waals surface area contributed by atoms with Crippen LogP contribution in [-0.4, -0.2) is 43.4 Å². The Kier molecular flexibility index (Phi) is 4.01. The van der Waals surface area contributed by atoms with Gasteiger partial charge in [-0.25, -0.2) is 4.99 Å². The SMILES string of the molecule is O=S(=O)(CCCO)OC1=NCCS1. The van der Waals surface area contributed by atoms with Crippen LogP contribution in [-0.2, 0) is 14.3 Å². The second-order valence-corrected chi connectivity index (χ2v) is 5.15. The molecular formula is C6H11NO4S2. The van der Waals surface area contributed by atoms with Crippen LogP contribution in [0, 0.1) is 0 Å². The van der Waals surface area contributed by atoms with Gasteiger partial charge in [0.25, 0.3) is 5.23 Å². The quantitative estimate of drug-likeness (QED) is 0.672. The van der Waals surface area contributed by atoms with Gasteiger partial charge in [0.1, 0.15) is 0 Å². The number of hydrogen-bond donors (Lipinski definition) is 1. The van der Waals surface area contributed by atoms with Crippen LogP contribution in [0.15, 0.2) is 4.99 Å². The first-order valence-corrected chi connectivity index (χ1v) is 6.40. The fourth-order valence-electron chi connectivity index (χ4n) is 0.758. The molecule has 0 atom stereocenters. The van der Waals surface area contributed by atoms with Crippen LogP contribution in [0.2, 0.25) is 0 Å². The molecule has 7 heteroatoms. The van der Waals surface area contributed by atoms with Crippen molar-refractivity contribution >= 4 is 27.1 Å². The zero-order valence-electron chi connectivity index (χ0n) is 6.97. The number of aliphatic hydroxyl groups excluding tert-OH is 1. The van der Waals surface area contributed by atoms with E-state index in [0.29, 0.717) is 6.54 Å². The third-order valence-electron chi connectivity index (χ3n) is 1.31. The highest BCUT2D eigenvalue weighted by Crippen LogP contribution is 2.15. The Hall–Kier alpha value is -0.270. The van der Waals surface area contributed by atoms with E-state index >= 15 is 0 Å². The van der Waals surface area contributed by atoms with Crippen molar-refractivity contribution in [3.05, 3.63) is 0 Å². The second kappa shape index (κ2) is 4.83. The normalized spacial score (nSPS) is 17.2. The summed E-state index contributed by atoms with van der Waals surface area (Å²) in [6.45, 7) is 0.456. The molecule has 0 saturated heterocycles. The number of rotatable bonds is 4. The average Bonchev–Trinajstić information content (AvgIpc) is 2.52. The van der Waals surface area contributed by atoms with Crippen molar-refractivity contribution in [3.63, 3.8) is 0 Å². The highest BCUT2D eigenvalue weighted by atomic mass is 32.2. The summed E-state index contributed by atoms with van der Waals surface area (Å²) in [6.07, 6.45) is 0.195. The van der Waals surface area contributed by atoms with E-state index in [2.05, 4.69) is 9.18 Å². The molecule has 0 aromatic heterocycles. The summed E-state index contributed by atoms with van der Waals surface area (Å²) in [5, 5.41) is 8.66. The largest absolute Gasteiger partial charge is 0.396 e. The molecule has 0 bridgehead atoms. The molecule has 1 aliphatic heterocycles. The zero-order chi connectivity index (χ0) is 9.73. The van der Waals surface area contributed by atoms with Gasteiger partial charge in [0.2, 0.25) is 0 Å². The molecule has 1 aliphatic rings. The standard InChI is InChI=1S/C6H11NO4S2/c8-3-1-5-13(9,10)11-6-7-2-4-12-6/h8H,1-5H2. The van der Waals surface area contributed by atoms with Crippen LogP contribution < -0.4 is 0 Å². The Morgan fingerprint density at radius 1 is 1.62 bits per heavy atom. The van der Waals surface area contributed by atoms with Gasteiger partial charge in [0, 0.05) is 12.4 Å². The first-order valence-electron chi connectivity index (χ1n) is 3.84. The topological polar surface area (TPSA) is 76.0 Å². The molecular weight excluding hydrogens is 214 g/mol. The molecule has 0 radical (unpaired) electrons. The van der Waals surface area contributed by atoms with Crippen LogP contribution in [0.25, 0.3) is 0 Å². The number of hydrogen-bond acceptors (Lipinski definition) is 6. The second-order valence-electron chi connectivity index (χ2n) is 2.42. The molecule has 0 amide bonds. The van der Waals surface area contributed by atoms with Crippen LogP contribution in [0.5, 0.6) is 0 Å². The summed E-state index contributed by atoms with van der Waals surface area (Å²) < 4.78 is 26.9. The fraction of sp³-hybridized carbons (Fsp3) is 0.833. The predicted octanol–water partition coefficient (Wildman–Crippen LogP) is -0.182. The van der Waals surface area contributed by atoms with Gasteiger partial charge in [-0.3, -0.25) is 0 Å². The molecule has 13 heavy (non-hydrogen) atoms. The van der Waals surface area contributed by atoms with Crippen molar-refractivity contribution in [2.24, 2.45) is 4.99 Å². The summed E-state index contributed by atoms with van der Waals surface area (Å²) in [5.41, 5.74) is 0. The third kappa shape index (κ3) is 3.97. The Balaban J connectivity index is 2.41. The van der Waals surface area contributed by atoms with Crippen molar-refractivity contribution in [2.75, 3.05) is 24.7 Å². The molecule has 0 aromatic rings. The van der Waals surface area contributed by atoms with E-state index in [1.807, 2.05) is 0 Å². The van der Waals surface area contributed by atoms with E-state index in [0.717, 1.165) is 5.75 Å². The van der Waals surface area contributed by atoms with Gasteiger partial charge < -0.3 is 9.29 Å². The number of thioether (sulfide) groups is 1. The smallest absolute Gasteiger partial charge is 0.311 e. The Bertz CT molecular complexity index is 285. The van der Waals surface area contributed by atoms with Gasteiger partial charge in [-0.2, -0.15) is 8.42 Å². The van der Waals surface area contributed by atoms with Crippen LogP contribution in [0.1, 0.15) is 6.42 Å². The van der Waals surface area contributed by atoms with Crippen molar-refractivity contribution in [1.82, 2.24) is 0 Å². The Morgan fingerprint density at radius 3 is 2.92 bits per heavy atom. The van der Waals surface area contributed by atoms with Crippen molar-refractivity contribution < 1.29 is 17.7 Å². The number of aliphatic hydroxyl groups is 1. The molecule has 1 N–H and O–H groups in total. The highest BCUT2D eigenvalue weighted by molar-refractivity contribution is 8.14. The Labute approximate surface area is 81.3 Å². The maximum Gasteiger partial charge on any atom is 0.311 e. The van der Waals surface area contributed by atoms with Crippen LogP contribution in [0.4, 0.5) is 0 Å². The van der Waals surface area contributed by atoms with E-state index in [1.165, 1.54) is 11.8 Å². The molecule has 1 heterocycles. The maximum atomic E-state index is 11.1. The minimum Gasteiger partial charge on any atom is -0.396 e. The van der Waals surface area contributed by atoms with Gasteiger partial charge in [0.15, 0.2) is 0 Å². The molecule has 1 rings (SSSR count). The molecule has 0 aromatic carbocycles. The summed E-state index contributed by atoms with van der Waals surface area (Å²) >= 11 is 1.29. The first kappa shape index (κ1) is 10.8. The predicted molar refractivity (Wildman–Crippen MR) is 51.3 cm³/mol. The summed E-state index contributed by atoms with van der Waals surface area (Å²) in [6, 6.07) is 0. The molecule has 5 nitrogen and oxygen atoms in total. The summed E-state index contributed by atoms with van der Waals surface area (Å²) in [5.74, 6) is 0.605. The van der Waals surface area contributed by atoms with E-state index in [-0.39, 0.29) is 24.0 Å². The van der Waals surface area contributed by atoms with Crippen molar-refractivity contribution in [2.45, 2.75) is 6.42 Å². The lowest BCUT2D eigenvalue weighted by molar-refractivity contribution is 0.294. The first-order chi connectivity index (χ1) is 6.14. The molecule has 0 aliphatic carbocycles. The lowest BCUT2D eigenvalue weighted by Crippen LogP contribution is -2.14. The lowest BCUT2D eigenvalue weighted by Gasteiger charge is -2.03. The zero-order valence-corrected chi connectivity index (χ0v) is 8.60. The van der Waals surface area contributed by atoms with Gasteiger partial charge >= 0.3 is 10.1 Å². The minimum absolute atomic E-state index is 0.151. The Morgan fingerprint density at radius 2 is 2.38 bits per heavy atom. The van der Waals surface area contributed by atoms with Crippen molar-refractivity contribution in [3.8, 4) is 0 Å². The van der Waals surface area contributed by atoms with E-state index in [9.17, 15) is 8.42 Å². The van der Waals surface area contributed by atoms with E-state index in [1.54, 1.807) is 0 Å². The molecule has 0 saturated carbocycles. The number of nitrogens with zero attached hydrogens (tertiary/aromatic N) is 1. The van der Waals surface area contributed by atoms with Gasteiger partial charge in [-0.1, -0.05) is 11.8 Å². The number of aliphatic imine (C=N–C) groups is 1. The fourth-order valence-corrected chi connectivity index (χ4v) is 2.64. The molecule has 0 fully saturated rings. The third-order valence-corrected chi connectivity index (χ3v) is 3.46. The lowest BCUT2D eigenvalue weighted by atomic mass is 10.5. The van der Waals surface area contributed by atoms with Crippen molar-refractivity contribution in [1.29, 1.82) is 0 Å². The minimum atomic E-state index is -3.54. The van der Waals surface area contributed by atoms with Crippen LogP contribution in [0.3, 0.4) is 0 Å². The van der Waals surface area contributed by atoms with Gasteiger partial charge in [0.05, 0.1) is 12.3 Å². The molecule has 76 valence electrons. The van der Waals surface area contributed by atoms with Gasteiger partial charge in [-0.05, 0) is 6.42 Å². The molecule has 0 unspecified atom stereocenters. The molecule has 0 spiro atoms.